The van der Waals surface area contributed by atoms with Crippen molar-refractivity contribution in [1.29, 1.82) is 0 Å². The minimum atomic E-state index is 0.233. The molecule has 94 valence electrons. The Balaban J connectivity index is 1.88. The van der Waals surface area contributed by atoms with E-state index in [1.807, 2.05) is 7.05 Å². The maximum absolute atomic E-state index is 5.82. The van der Waals surface area contributed by atoms with Gasteiger partial charge in [-0.2, -0.15) is 0 Å². The molecular weight excluding hydrogens is 214 g/mol. The van der Waals surface area contributed by atoms with Crippen LogP contribution in [-0.2, 0) is 11.2 Å². The molecule has 1 fully saturated rings. The summed E-state index contributed by atoms with van der Waals surface area (Å²) in [6, 6.07) is 8.88. The van der Waals surface area contributed by atoms with Gasteiger partial charge in [0, 0.05) is 12.5 Å². The largest absolute Gasteiger partial charge is 0.488 e. The Bertz CT molecular complexity index is 331. The molecular formula is C14H21NO2. The molecule has 1 aliphatic rings. The van der Waals surface area contributed by atoms with E-state index >= 15 is 0 Å². The highest BCUT2D eigenvalue weighted by Gasteiger charge is 2.16. The minimum Gasteiger partial charge on any atom is -0.488 e. The van der Waals surface area contributed by atoms with Crippen molar-refractivity contribution in [2.75, 3.05) is 20.3 Å². The van der Waals surface area contributed by atoms with Crippen LogP contribution < -0.4 is 10.1 Å². The normalized spacial score (nSPS) is 21.4. The summed E-state index contributed by atoms with van der Waals surface area (Å²) in [7, 11) is 1.99. The third kappa shape index (κ3) is 3.72. The van der Waals surface area contributed by atoms with Gasteiger partial charge in [-0.3, -0.25) is 0 Å². The van der Waals surface area contributed by atoms with Gasteiger partial charge < -0.3 is 14.8 Å². The fourth-order valence-electron chi connectivity index (χ4n) is 1.96. The maximum atomic E-state index is 5.82. The molecule has 0 saturated carbocycles. The SMILES string of the molecule is CNC(C)Cc1ccc(OC2CCOC2)cc1. The van der Waals surface area contributed by atoms with Gasteiger partial charge in [0.25, 0.3) is 0 Å². The number of nitrogens with one attached hydrogen (secondary N) is 1. The van der Waals surface area contributed by atoms with Gasteiger partial charge in [0.15, 0.2) is 0 Å². The van der Waals surface area contributed by atoms with Crippen LogP contribution in [0.3, 0.4) is 0 Å². The van der Waals surface area contributed by atoms with Crippen LogP contribution in [0.1, 0.15) is 18.9 Å². The average Bonchev–Trinajstić information content (AvgIpc) is 2.84. The fourth-order valence-corrected chi connectivity index (χ4v) is 1.96. The Morgan fingerprint density at radius 3 is 2.76 bits per heavy atom. The summed E-state index contributed by atoms with van der Waals surface area (Å²) in [5, 5.41) is 3.24. The molecule has 0 aliphatic carbocycles. The van der Waals surface area contributed by atoms with Crippen molar-refractivity contribution in [3.63, 3.8) is 0 Å². The summed E-state index contributed by atoms with van der Waals surface area (Å²) in [6.07, 6.45) is 2.28. The number of hydrogen-bond donors (Lipinski definition) is 1. The Hall–Kier alpha value is -1.06. The molecule has 0 aromatic heterocycles. The van der Waals surface area contributed by atoms with Crippen molar-refractivity contribution in [3.8, 4) is 5.75 Å². The number of benzene rings is 1. The molecule has 0 radical (unpaired) electrons. The van der Waals surface area contributed by atoms with E-state index in [2.05, 4.69) is 36.5 Å². The van der Waals surface area contributed by atoms with Crippen molar-refractivity contribution < 1.29 is 9.47 Å². The zero-order chi connectivity index (χ0) is 12.1. The summed E-state index contributed by atoms with van der Waals surface area (Å²) in [4.78, 5) is 0. The molecule has 1 aliphatic heterocycles. The molecule has 1 saturated heterocycles. The van der Waals surface area contributed by atoms with Crippen molar-refractivity contribution >= 4 is 0 Å². The monoisotopic (exact) mass is 235 g/mol. The topological polar surface area (TPSA) is 30.5 Å². The summed E-state index contributed by atoms with van der Waals surface area (Å²) >= 11 is 0. The molecule has 0 amide bonds. The minimum absolute atomic E-state index is 0.233. The first kappa shape index (κ1) is 12.4. The molecule has 2 unspecified atom stereocenters. The zero-order valence-electron chi connectivity index (χ0n) is 10.6. The van der Waals surface area contributed by atoms with Gasteiger partial charge in [-0.25, -0.2) is 0 Å². The van der Waals surface area contributed by atoms with E-state index < -0.39 is 0 Å². The second-order valence-electron chi connectivity index (χ2n) is 4.64. The molecule has 1 N–H and O–H groups in total. The first-order valence-corrected chi connectivity index (χ1v) is 6.28. The number of likely N-dealkylation sites (N-methyl/N-ethyl adjacent to an activating group) is 1. The van der Waals surface area contributed by atoms with E-state index in [0.717, 1.165) is 31.8 Å². The lowest BCUT2D eigenvalue weighted by Crippen LogP contribution is -2.23. The summed E-state index contributed by atoms with van der Waals surface area (Å²) < 4.78 is 11.1. The highest BCUT2D eigenvalue weighted by Crippen LogP contribution is 2.18. The van der Waals surface area contributed by atoms with Crippen molar-refractivity contribution in [1.82, 2.24) is 5.32 Å². The molecule has 1 heterocycles. The fraction of sp³-hybridized carbons (Fsp3) is 0.571. The highest BCUT2D eigenvalue weighted by molar-refractivity contribution is 5.28. The van der Waals surface area contributed by atoms with Gasteiger partial charge >= 0.3 is 0 Å². The third-order valence-corrected chi connectivity index (χ3v) is 3.15. The van der Waals surface area contributed by atoms with Gasteiger partial charge in [-0.15, -0.1) is 0 Å². The summed E-state index contributed by atoms with van der Waals surface area (Å²) in [6.45, 7) is 3.72. The molecule has 3 nitrogen and oxygen atoms in total. The van der Waals surface area contributed by atoms with Crippen LogP contribution in [0.25, 0.3) is 0 Å². The number of rotatable bonds is 5. The summed E-state index contributed by atoms with van der Waals surface area (Å²) in [5.74, 6) is 0.946. The molecule has 0 bridgehead atoms. The number of ether oxygens (including phenoxy) is 2. The molecule has 1 aromatic rings. The van der Waals surface area contributed by atoms with Crippen LogP contribution in [0.2, 0.25) is 0 Å². The Morgan fingerprint density at radius 1 is 1.41 bits per heavy atom. The first-order chi connectivity index (χ1) is 8.28. The number of hydrogen-bond acceptors (Lipinski definition) is 3. The molecule has 3 heteroatoms. The van der Waals surface area contributed by atoms with Gasteiger partial charge in [-0.05, 0) is 38.1 Å². The predicted molar refractivity (Wildman–Crippen MR) is 68.5 cm³/mol. The van der Waals surface area contributed by atoms with E-state index in [1.165, 1.54) is 5.56 Å². The van der Waals surface area contributed by atoms with Crippen LogP contribution in [0, 0.1) is 0 Å². The molecule has 1 aromatic carbocycles. The Kier molecular flexibility index (Phi) is 4.40. The third-order valence-electron chi connectivity index (χ3n) is 3.15. The quantitative estimate of drug-likeness (QED) is 0.847. The van der Waals surface area contributed by atoms with Crippen LogP contribution in [0.5, 0.6) is 5.75 Å². The maximum Gasteiger partial charge on any atom is 0.124 e. The Labute approximate surface area is 103 Å². The molecule has 2 atom stereocenters. The van der Waals surface area contributed by atoms with E-state index in [0.29, 0.717) is 6.04 Å². The summed E-state index contributed by atoms with van der Waals surface area (Å²) in [5.41, 5.74) is 1.34. The van der Waals surface area contributed by atoms with E-state index in [1.54, 1.807) is 0 Å². The standard InChI is InChI=1S/C14H21NO2/c1-11(15-2)9-12-3-5-13(6-4-12)17-14-7-8-16-10-14/h3-6,11,14-15H,7-10H2,1-2H3. The van der Waals surface area contributed by atoms with Crippen LogP contribution in [0.4, 0.5) is 0 Å². The molecule has 17 heavy (non-hydrogen) atoms. The first-order valence-electron chi connectivity index (χ1n) is 6.28. The smallest absolute Gasteiger partial charge is 0.124 e. The Morgan fingerprint density at radius 2 is 2.18 bits per heavy atom. The second-order valence-corrected chi connectivity index (χ2v) is 4.64. The van der Waals surface area contributed by atoms with Gasteiger partial charge in [0.05, 0.1) is 13.2 Å². The van der Waals surface area contributed by atoms with Crippen LogP contribution in [-0.4, -0.2) is 32.4 Å². The lowest BCUT2D eigenvalue weighted by Gasteiger charge is -2.13. The van der Waals surface area contributed by atoms with Gasteiger partial charge in [-0.1, -0.05) is 12.1 Å². The van der Waals surface area contributed by atoms with Crippen LogP contribution in [0.15, 0.2) is 24.3 Å². The van der Waals surface area contributed by atoms with E-state index in [9.17, 15) is 0 Å². The lowest BCUT2D eigenvalue weighted by atomic mass is 10.1. The molecule has 2 rings (SSSR count). The zero-order valence-corrected chi connectivity index (χ0v) is 10.6. The predicted octanol–water partition coefficient (Wildman–Crippen LogP) is 2.00. The van der Waals surface area contributed by atoms with Crippen molar-refractivity contribution in [2.24, 2.45) is 0 Å². The van der Waals surface area contributed by atoms with Crippen LogP contribution >= 0.6 is 0 Å². The van der Waals surface area contributed by atoms with Crippen molar-refractivity contribution in [3.05, 3.63) is 29.8 Å². The van der Waals surface area contributed by atoms with Crippen molar-refractivity contribution in [2.45, 2.75) is 31.9 Å². The average molecular weight is 235 g/mol. The lowest BCUT2D eigenvalue weighted by molar-refractivity contribution is 0.141. The second kappa shape index (κ2) is 6.03. The van der Waals surface area contributed by atoms with E-state index in [-0.39, 0.29) is 6.10 Å². The van der Waals surface area contributed by atoms with E-state index in [4.69, 9.17) is 9.47 Å². The van der Waals surface area contributed by atoms with Gasteiger partial charge in [0.2, 0.25) is 0 Å². The molecule has 0 spiro atoms. The highest BCUT2D eigenvalue weighted by atomic mass is 16.5. The van der Waals surface area contributed by atoms with Gasteiger partial charge in [0.1, 0.15) is 11.9 Å².